The monoisotopic (exact) mass is 501 g/mol. The summed E-state index contributed by atoms with van der Waals surface area (Å²) in [6.07, 6.45) is 0.0896. The second-order valence-electron chi connectivity index (χ2n) is 8.29. The van der Waals surface area contributed by atoms with Gasteiger partial charge in [0.15, 0.2) is 0 Å². The smallest absolute Gasteiger partial charge is 0.310 e. The fourth-order valence-corrected chi connectivity index (χ4v) is 4.34. The molecule has 8 heteroatoms. The lowest BCUT2D eigenvalue weighted by atomic mass is 9.94. The maximum absolute atomic E-state index is 13.4. The second kappa shape index (κ2) is 11.0. The first-order chi connectivity index (χ1) is 17.9. The van der Waals surface area contributed by atoms with Gasteiger partial charge in [0.1, 0.15) is 17.3 Å². The van der Waals surface area contributed by atoms with Crippen molar-refractivity contribution in [2.45, 2.75) is 19.4 Å². The maximum Gasteiger partial charge on any atom is 0.310 e. The van der Waals surface area contributed by atoms with Gasteiger partial charge in [-0.2, -0.15) is 0 Å². The zero-order valence-electron chi connectivity index (χ0n) is 20.8. The molecule has 1 heterocycles. The van der Waals surface area contributed by atoms with Gasteiger partial charge in [-0.05, 0) is 42.3 Å². The Morgan fingerprint density at radius 2 is 1.65 bits per heavy atom. The quantitative estimate of drug-likeness (QED) is 0.211. The molecule has 1 fully saturated rings. The number of benzene rings is 3. The first kappa shape index (κ1) is 25.5. The molecule has 3 aromatic rings. The van der Waals surface area contributed by atoms with Gasteiger partial charge in [-0.25, -0.2) is 0 Å². The fourth-order valence-electron chi connectivity index (χ4n) is 4.34. The Morgan fingerprint density at radius 3 is 2.27 bits per heavy atom. The molecule has 1 aliphatic heterocycles. The highest BCUT2D eigenvalue weighted by atomic mass is 16.5. The molecule has 37 heavy (non-hydrogen) atoms. The van der Waals surface area contributed by atoms with Crippen LogP contribution in [0.15, 0.2) is 78.4 Å². The van der Waals surface area contributed by atoms with Gasteiger partial charge in [0.25, 0.3) is 11.7 Å². The average Bonchev–Trinajstić information content (AvgIpc) is 3.19. The molecule has 190 valence electrons. The maximum atomic E-state index is 13.4. The molecule has 0 aromatic heterocycles. The van der Waals surface area contributed by atoms with Crippen LogP contribution in [0.25, 0.3) is 5.76 Å². The van der Waals surface area contributed by atoms with Crippen LogP contribution in [0.2, 0.25) is 0 Å². The number of hydrogen-bond donors (Lipinski definition) is 1. The van der Waals surface area contributed by atoms with Gasteiger partial charge in [0, 0.05) is 11.8 Å². The molecule has 1 atom stereocenters. The Labute approximate surface area is 214 Å². The van der Waals surface area contributed by atoms with Crippen LogP contribution in [0.1, 0.15) is 29.7 Å². The van der Waals surface area contributed by atoms with Gasteiger partial charge >= 0.3 is 5.97 Å². The minimum atomic E-state index is -0.885. The molecule has 1 saturated heterocycles. The molecule has 1 N–H and O–H groups in total. The minimum Gasteiger partial charge on any atom is -0.507 e. The normalized spacial score (nSPS) is 16.5. The Kier molecular flexibility index (Phi) is 7.57. The number of aliphatic hydroxyl groups excluding tert-OH is 1. The number of anilines is 1. The molecule has 8 nitrogen and oxygen atoms in total. The first-order valence-corrected chi connectivity index (χ1v) is 11.7. The van der Waals surface area contributed by atoms with Crippen LogP contribution in [0, 0.1) is 0 Å². The molecule has 0 saturated carbocycles. The van der Waals surface area contributed by atoms with Crippen LogP contribution in [-0.2, 0) is 25.5 Å². The third-order valence-electron chi connectivity index (χ3n) is 6.09. The van der Waals surface area contributed by atoms with Gasteiger partial charge in [-0.3, -0.25) is 19.3 Å². The van der Waals surface area contributed by atoms with Crippen molar-refractivity contribution in [3.05, 3.63) is 95.1 Å². The number of ether oxygens (including phenoxy) is 3. The van der Waals surface area contributed by atoms with Gasteiger partial charge in [-0.15, -0.1) is 0 Å². The molecule has 0 radical (unpaired) electrons. The van der Waals surface area contributed by atoms with Crippen LogP contribution in [0.4, 0.5) is 5.69 Å². The summed E-state index contributed by atoms with van der Waals surface area (Å²) in [5.41, 5.74) is 2.00. The van der Waals surface area contributed by atoms with Crippen LogP contribution in [0.5, 0.6) is 11.5 Å². The Hall–Kier alpha value is -4.59. The van der Waals surface area contributed by atoms with Crippen molar-refractivity contribution in [2.75, 3.05) is 25.7 Å². The van der Waals surface area contributed by atoms with Crippen molar-refractivity contribution in [3.8, 4) is 11.5 Å². The fraction of sp³-hybridized carbons (Fsp3) is 0.207. The molecule has 0 bridgehead atoms. The second-order valence-corrected chi connectivity index (χ2v) is 8.29. The summed E-state index contributed by atoms with van der Waals surface area (Å²) in [5, 5.41) is 11.4. The summed E-state index contributed by atoms with van der Waals surface area (Å²) >= 11 is 0. The zero-order valence-corrected chi connectivity index (χ0v) is 20.8. The zero-order chi connectivity index (χ0) is 26.5. The molecule has 1 unspecified atom stereocenters. The summed E-state index contributed by atoms with van der Waals surface area (Å²) in [6.45, 7) is 2.03. The lowest BCUT2D eigenvalue weighted by molar-refractivity contribution is -0.142. The van der Waals surface area contributed by atoms with Crippen molar-refractivity contribution >= 4 is 29.1 Å². The van der Waals surface area contributed by atoms with Crippen LogP contribution in [0.3, 0.4) is 0 Å². The molecule has 3 aromatic carbocycles. The van der Waals surface area contributed by atoms with E-state index in [0.29, 0.717) is 22.6 Å². The summed E-state index contributed by atoms with van der Waals surface area (Å²) in [4.78, 5) is 39.9. The van der Waals surface area contributed by atoms with Crippen LogP contribution in [-0.4, -0.2) is 43.6 Å². The Balaban J connectivity index is 1.82. The van der Waals surface area contributed by atoms with E-state index in [1.807, 2.05) is 6.07 Å². The number of aliphatic hydroxyl groups is 1. The number of Topliss-reactive ketones (excluding diaryl/α,β-unsaturated/α-hetero) is 1. The number of nitrogens with zero attached hydrogens (tertiary/aromatic N) is 1. The van der Waals surface area contributed by atoms with Gasteiger partial charge in [0.2, 0.25) is 0 Å². The number of hydrogen-bond acceptors (Lipinski definition) is 7. The van der Waals surface area contributed by atoms with Crippen molar-refractivity contribution in [1.29, 1.82) is 0 Å². The van der Waals surface area contributed by atoms with Gasteiger partial charge in [0.05, 0.1) is 44.4 Å². The SMILES string of the molecule is CCOC(=O)Cc1ccc(N2C(=O)C(=O)/C(=C(\O)c3ccc(OC)cc3OC)C2c2ccccc2)cc1. The minimum absolute atomic E-state index is 0.0599. The van der Waals surface area contributed by atoms with E-state index in [-0.39, 0.29) is 41.6 Å². The highest BCUT2D eigenvalue weighted by Gasteiger charge is 2.47. The van der Waals surface area contributed by atoms with E-state index < -0.39 is 17.7 Å². The predicted molar refractivity (Wildman–Crippen MR) is 138 cm³/mol. The third-order valence-corrected chi connectivity index (χ3v) is 6.09. The predicted octanol–water partition coefficient (Wildman–Crippen LogP) is 4.44. The molecule has 4 rings (SSSR count). The molecular formula is C29H27NO7. The number of ketones is 1. The molecule has 1 aliphatic rings. The number of amides is 1. The number of esters is 1. The van der Waals surface area contributed by atoms with Gasteiger partial charge in [-0.1, -0.05) is 42.5 Å². The summed E-state index contributed by atoms with van der Waals surface area (Å²) in [6, 6.07) is 19.7. The summed E-state index contributed by atoms with van der Waals surface area (Å²) in [7, 11) is 2.95. The molecule has 0 spiro atoms. The molecule has 0 aliphatic carbocycles. The first-order valence-electron chi connectivity index (χ1n) is 11.7. The highest BCUT2D eigenvalue weighted by Crippen LogP contribution is 2.43. The standard InChI is InChI=1S/C29H27NO7/c1-4-37-24(31)16-18-10-12-20(13-11-18)30-26(19-8-6-5-7-9-19)25(28(33)29(30)34)27(32)22-15-14-21(35-2)17-23(22)36-3/h5-15,17,26,32H,4,16H2,1-3H3/b27-25-. The average molecular weight is 502 g/mol. The number of carbonyl (C=O) groups excluding carboxylic acids is 3. The Bertz CT molecular complexity index is 1350. The largest absolute Gasteiger partial charge is 0.507 e. The summed E-state index contributed by atoms with van der Waals surface area (Å²) < 4.78 is 15.7. The van der Waals surface area contributed by atoms with Crippen molar-refractivity contribution in [3.63, 3.8) is 0 Å². The molecular weight excluding hydrogens is 474 g/mol. The van der Waals surface area contributed by atoms with E-state index in [0.717, 1.165) is 0 Å². The number of rotatable bonds is 8. The van der Waals surface area contributed by atoms with Gasteiger partial charge < -0.3 is 19.3 Å². The molecule has 1 amide bonds. The van der Waals surface area contributed by atoms with Crippen molar-refractivity contribution in [1.82, 2.24) is 0 Å². The van der Waals surface area contributed by atoms with E-state index in [2.05, 4.69) is 0 Å². The lowest BCUT2D eigenvalue weighted by Crippen LogP contribution is -2.29. The highest BCUT2D eigenvalue weighted by molar-refractivity contribution is 6.51. The topological polar surface area (TPSA) is 102 Å². The lowest BCUT2D eigenvalue weighted by Gasteiger charge is -2.25. The van der Waals surface area contributed by atoms with Crippen molar-refractivity contribution < 1.29 is 33.7 Å². The third kappa shape index (κ3) is 5.04. The van der Waals surface area contributed by atoms with E-state index in [1.165, 1.54) is 19.1 Å². The Morgan fingerprint density at radius 1 is 0.946 bits per heavy atom. The summed E-state index contributed by atoms with van der Waals surface area (Å²) in [5.74, 6) is -1.50. The van der Waals surface area contributed by atoms with Crippen LogP contribution < -0.4 is 14.4 Å². The number of methoxy groups -OCH3 is 2. The van der Waals surface area contributed by atoms with E-state index in [4.69, 9.17) is 14.2 Å². The number of carbonyl (C=O) groups is 3. The van der Waals surface area contributed by atoms with E-state index >= 15 is 0 Å². The van der Waals surface area contributed by atoms with E-state index in [1.54, 1.807) is 73.7 Å². The van der Waals surface area contributed by atoms with Crippen molar-refractivity contribution in [2.24, 2.45) is 0 Å². The van der Waals surface area contributed by atoms with E-state index in [9.17, 15) is 19.5 Å². The van der Waals surface area contributed by atoms with Crippen LogP contribution >= 0.6 is 0 Å².